The third kappa shape index (κ3) is 5.75. The van der Waals surface area contributed by atoms with E-state index < -0.39 is 0 Å². The van der Waals surface area contributed by atoms with Gasteiger partial charge >= 0.3 is 5.97 Å². The molecule has 7 heteroatoms. The summed E-state index contributed by atoms with van der Waals surface area (Å²) in [5.41, 5.74) is 1.42. The standard InChI is InChI=1S/C21H30ClN3O2.HI/c1-3-23-20(25-12-8-16(9-13-25)19(26)27-4-2)24-15-21(10-11-21)17-6-5-7-18(22)14-17;/h5-7,14,16H,3-4,8-13,15H2,1-2H3,(H,23,24);1H. The third-order valence-corrected chi connectivity index (χ3v) is 5.81. The molecule has 2 fully saturated rings. The monoisotopic (exact) mass is 519 g/mol. The molecule has 0 radical (unpaired) electrons. The van der Waals surface area contributed by atoms with Gasteiger partial charge in [0.25, 0.3) is 0 Å². The minimum Gasteiger partial charge on any atom is -0.466 e. The van der Waals surface area contributed by atoms with Crippen molar-refractivity contribution in [2.45, 2.75) is 44.9 Å². The molecule has 5 nitrogen and oxygen atoms in total. The van der Waals surface area contributed by atoms with Crippen LogP contribution in [0.1, 0.15) is 45.1 Å². The van der Waals surface area contributed by atoms with Gasteiger partial charge in [0.1, 0.15) is 0 Å². The number of aliphatic imine (C=N–C) groups is 1. The molecule has 1 heterocycles. The van der Waals surface area contributed by atoms with Crippen LogP contribution in [0.5, 0.6) is 0 Å². The first kappa shape index (κ1) is 23.3. The van der Waals surface area contributed by atoms with E-state index in [0.29, 0.717) is 6.61 Å². The minimum atomic E-state index is -0.0584. The zero-order valence-electron chi connectivity index (χ0n) is 16.7. The number of hydrogen-bond donors (Lipinski definition) is 1. The number of benzene rings is 1. The molecule has 1 saturated carbocycles. The van der Waals surface area contributed by atoms with Crippen molar-refractivity contribution in [2.24, 2.45) is 10.9 Å². The summed E-state index contributed by atoms with van der Waals surface area (Å²) in [6.07, 6.45) is 3.95. The molecule has 1 aromatic rings. The van der Waals surface area contributed by atoms with Crippen LogP contribution in [0.3, 0.4) is 0 Å². The van der Waals surface area contributed by atoms with Gasteiger partial charge in [-0.25, -0.2) is 0 Å². The van der Waals surface area contributed by atoms with Crippen LogP contribution in [-0.2, 0) is 14.9 Å². The van der Waals surface area contributed by atoms with Crippen molar-refractivity contribution in [1.82, 2.24) is 10.2 Å². The van der Waals surface area contributed by atoms with E-state index in [1.807, 2.05) is 19.1 Å². The zero-order chi connectivity index (χ0) is 19.3. The van der Waals surface area contributed by atoms with E-state index in [1.165, 1.54) is 5.56 Å². The summed E-state index contributed by atoms with van der Waals surface area (Å²) in [7, 11) is 0. The van der Waals surface area contributed by atoms with Crippen molar-refractivity contribution in [2.75, 3.05) is 32.8 Å². The van der Waals surface area contributed by atoms with Crippen molar-refractivity contribution in [3.05, 3.63) is 34.9 Å². The second-order valence-corrected chi connectivity index (χ2v) is 7.91. The van der Waals surface area contributed by atoms with Crippen LogP contribution < -0.4 is 5.32 Å². The molecule has 28 heavy (non-hydrogen) atoms. The van der Waals surface area contributed by atoms with E-state index in [4.69, 9.17) is 21.3 Å². The minimum absolute atomic E-state index is 0. The summed E-state index contributed by atoms with van der Waals surface area (Å²) < 4.78 is 5.17. The summed E-state index contributed by atoms with van der Waals surface area (Å²) in [5, 5.41) is 4.21. The zero-order valence-corrected chi connectivity index (χ0v) is 19.8. The van der Waals surface area contributed by atoms with E-state index in [2.05, 4.69) is 29.3 Å². The topological polar surface area (TPSA) is 53.9 Å². The van der Waals surface area contributed by atoms with Crippen LogP contribution in [0.2, 0.25) is 5.02 Å². The van der Waals surface area contributed by atoms with Gasteiger partial charge in [0.15, 0.2) is 5.96 Å². The molecule has 1 aliphatic heterocycles. The number of carbonyl (C=O) groups excluding carboxylic acids is 1. The Labute approximate surface area is 190 Å². The number of ether oxygens (including phenoxy) is 1. The van der Waals surface area contributed by atoms with Crippen molar-refractivity contribution in [3.8, 4) is 0 Å². The molecule has 1 saturated heterocycles. The van der Waals surface area contributed by atoms with Crippen LogP contribution in [0.4, 0.5) is 0 Å². The van der Waals surface area contributed by atoms with Crippen LogP contribution in [0, 0.1) is 5.92 Å². The fourth-order valence-electron chi connectivity index (χ4n) is 3.75. The SMILES string of the molecule is CCNC(=NCC1(c2cccc(Cl)c2)CC1)N1CCC(C(=O)OCC)CC1.I. The van der Waals surface area contributed by atoms with E-state index in [9.17, 15) is 4.79 Å². The molecule has 0 atom stereocenters. The second-order valence-electron chi connectivity index (χ2n) is 7.47. The van der Waals surface area contributed by atoms with Crippen molar-refractivity contribution in [3.63, 3.8) is 0 Å². The molecule has 1 N–H and O–H groups in total. The van der Waals surface area contributed by atoms with Gasteiger partial charge in [0.05, 0.1) is 19.1 Å². The number of likely N-dealkylation sites (tertiary alicyclic amines) is 1. The lowest BCUT2D eigenvalue weighted by atomic mass is 9.96. The average molecular weight is 520 g/mol. The largest absolute Gasteiger partial charge is 0.466 e. The summed E-state index contributed by atoms with van der Waals surface area (Å²) in [6, 6.07) is 8.17. The van der Waals surface area contributed by atoms with E-state index in [1.54, 1.807) is 0 Å². The highest BCUT2D eigenvalue weighted by molar-refractivity contribution is 14.0. The van der Waals surface area contributed by atoms with Gasteiger partial charge in [-0.05, 0) is 57.2 Å². The highest BCUT2D eigenvalue weighted by atomic mass is 127. The lowest BCUT2D eigenvalue weighted by Gasteiger charge is -2.33. The van der Waals surface area contributed by atoms with E-state index >= 15 is 0 Å². The Hall–Kier alpha value is -1.02. The number of nitrogens with one attached hydrogen (secondary N) is 1. The number of nitrogens with zero attached hydrogens (tertiary/aromatic N) is 2. The van der Waals surface area contributed by atoms with Gasteiger partial charge in [0, 0.05) is 30.1 Å². The molecule has 1 aromatic carbocycles. The first-order valence-corrected chi connectivity index (χ1v) is 10.4. The fourth-order valence-corrected chi connectivity index (χ4v) is 3.94. The van der Waals surface area contributed by atoms with Gasteiger partial charge in [-0.1, -0.05) is 23.7 Å². The number of guanidine groups is 1. The van der Waals surface area contributed by atoms with Gasteiger partial charge in [-0.15, -0.1) is 24.0 Å². The molecule has 0 aromatic heterocycles. The van der Waals surface area contributed by atoms with Gasteiger partial charge < -0.3 is 15.0 Å². The number of carbonyl (C=O) groups is 1. The molecule has 1 aliphatic carbocycles. The molecular weight excluding hydrogens is 489 g/mol. The molecule has 3 rings (SSSR count). The van der Waals surface area contributed by atoms with Crippen molar-refractivity contribution < 1.29 is 9.53 Å². The number of halogens is 2. The molecular formula is C21H31ClIN3O2. The average Bonchev–Trinajstić information content (AvgIpc) is 3.47. The van der Waals surface area contributed by atoms with Crippen LogP contribution >= 0.6 is 35.6 Å². The van der Waals surface area contributed by atoms with Crippen LogP contribution in [0.25, 0.3) is 0 Å². The lowest BCUT2D eigenvalue weighted by Crippen LogP contribution is -2.47. The highest BCUT2D eigenvalue weighted by Crippen LogP contribution is 2.48. The Morgan fingerprint density at radius 3 is 2.61 bits per heavy atom. The smallest absolute Gasteiger partial charge is 0.309 e. The molecule has 0 bridgehead atoms. The first-order chi connectivity index (χ1) is 13.1. The maximum Gasteiger partial charge on any atom is 0.309 e. The Bertz CT molecular complexity index is 686. The Morgan fingerprint density at radius 1 is 1.32 bits per heavy atom. The quantitative estimate of drug-likeness (QED) is 0.265. The van der Waals surface area contributed by atoms with Crippen LogP contribution in [-0.4, -0.2) is 49.6 Å². The Kier molecular flexibility index (Phi) is 8.86. The second kappa shape index (κ2) is 10.7. The molecule has 2 aliphatic rings. The predicted octanol–water partition coefficient (Wildman–Crippen LogP) is 4.23. The summed E-state index contributed by atoms with van der Waals surface area (Å²) >= 11 is 6.18. The van der Waals surface area contributed by atoms with E-state index in [0.717, 1.165) is 62.8 Å². The van der Waals surface area contributed by atoms with Crippen molar-refractivity contribution >= 4 is 47.5 Å². The molecule has 0 spiro atoms. The van der Waals surface area contributed by atoms with Gasteiger partial charge in [-0.2, -0.15) is 0 Å². The maximum absolute atomic E-state index is 12.0. The molecule has 0 amide bonds. The fraction of sp³-hybridized carbons (Fsp3) is 0.619. The normalized spacial score (nSPS) is 19.0. The van der Waals surface area contributed by atoms with Gasteiger partial charge in [-0.3, -0.25) is 9.79 Å². The highest BCUT2D eigenvalue weighted by Gasteiger charge is 2.44. The van der Waals surface area contributed by atoms with Crippen LogP contribution in [0.15, 0.2) is 29.3 Å². The summed E-state index contributed by atoms with van der Waals surface area (Å²) in [5.74, 6) is 0.912. The Morgan fingerprint density at radius 2 is 2.04 bits per heavy atom. The number of esters is 1. The number of piperidine rings is 1. The molecule has 0 unspecified atom stereocenters. The maximum atomic E-state index is 12.0. The first-order valence-electron chi connectivity index (χ1n) is 10.0. The third-order valence-electron chi connectivity index (χ3n) is 5.57. The Balaban J connectivity index is 0.00000280. The number of rotatable bonds is 6. The summed E-state index contributed by atoms with van der Waals surface area (Å²) in [6.45, 7) is 7.67. The van der Waals surface area contributed by atoms with Crippen molar-refractivity contribution in [1.29, 1.82) is 0 Å². The predicted molar refractivity (Wildman–Crippen MR) is 125 cm³/mol. The van der Waals surface area contributed by atoms with Gasteiger partial charge in [0.2, 0.25) is 0 Å². The van der Waals surface area contributed by atoms with E-state index in [-0.39, 0.29) is 41.3 Å². The lowest BCUT2D eigenvalue weighted by molar-refractivity contribution is -0.149. The molecule has 156 valence electrons. The number of hydrogen-bond acceptors (Lipinski definition) is 3. The summed E-state index contributed by atoms with van der Waals surface area (Å²) in [4.78, 5) is 19.2.